The zero-order valence-electron chi connectivity index (χ0n) is 10.8. The van der Waals surface area contributed by atoms with Gasteiger partial charge in [0.25, 0.3) is 0 Å². The molecule has 0 amide bonds. The molecule has 2 unspecified atom stereocenters. The fourth-order valence-corrected chi connectivity index (χ4v) is 1.50. The summed E-state index contributed by atoms with van der Waals surface area (Å²) in [6, 6.07) is 0. The van der Waals surface area contributed by atoms with Crippen LogP contribution in [-0.2, 0) is 4.74 Å². The third-order valence-electron chi connectivity index (χ3n) is 2.24. The van der Waals surface area contributed by atoms with Crippen molar-refractivity contribution in [1.29, 1.82) is 0 Å². The second-order valence-electron chi connectivity index (χ2n) is 5.03. The normalized spacial score (nSPS) is 17.8. The van der Waals surface area contributed by atoms with Gasteiger partial charge in [-0.15, -0.1) is 0 Å². The van der Waals surface area contributed by atoms with Crippen molar-refractivity contribution in [2.24, 2.45) is 5.92 Å². The highest BCUT2D eigenvalue weighted by Gasteiger charge is 2.21. The standard InChI is InChI=1S/C12H27NO2/c1-6-13-8-12(5,14)9-15-11(4)7-10(2)3/h10-11,13-14H,6-9H2,1-5H3. The lowest BCUT2D eigenvalue weighted by Crippen LogP contribution is -2.42. The Morgan fingerprint density at radius 3 is 2.40 bits per heavy atom. The van der Waals surface area contributed by atoms with Crippen LogP contribution in [0, 0.1) is 5.92 Å². The average Bonchev–Trinajstić information content (AvgIpc) is 2.11. The predicted octanol–water partition coefficient (Wildman–Crippen LogP) is 1.80. The molecule has 0 saturated heterocycles. The second kappa shape index (κ2) is 7.20. The van der Waals surface area contributed by atoms with Gasteiger partial charge in [-0.05, 0) is 32.7 Å². The minimum absolute atomic E-state index is 0.220. The summed E-state index contributed by atoms with van der Waals surface area (Å²) in [6.07, 6.45) is 1.26. The van der Waals surface area contributed by atoms with Crippen molar-refractivity contribution in [2.75, 3.05) is 19.7 Å². The van der Waals surface area contributed by atoms with Gasteiger partial charge >= 0.3 is 0 Å². The van der Waals surface area contributed by atoms with Gasteiger partial charge in [-0.1, -0.05) is 20.8 Å². The minimum Gasteiger partial charge on any atom is -0.386 e. The molecule has 0 aliphatic rings. The Bertz CT molecular complexity index is 158. The molecule has 0 saturated carbocycles. The third-order valence-corrected chi connectivity index (χ3v) is 2.24. The molecular weight excluding hydrogens is 190 g/mol. The molecule has 0 fully saturated rings. The quantitative estimate of drug-likeness (QED) is 0.651. The molecule has 3 nitrogen and oxygen atoms in total. The highest BCUT2D eigenvalue weighted by molar-refractivity contribution is 4.75. The van der Waals surface area contributed by atoms with Crippen LogP contribution in [-0.4, -0.2) is 36.5 Å². The van der Waals surface area contributed by atoms with Gasteiger partial charge in [-0.2, -0.15) is 0 Å². The van der Waals surface area contributed by atoms with Gasteiger partial charge in [0.1, 0.15) is 0 Å². The number of ether oxygens (including phenoxy) is 1. The molecule has 0 aromatic carbocycles. The first-order valence-electron chi connectivity index (χ1n) is 5.92. The fraction of sp³-hybridized carbons (Fsp3) is 1.00. The van der Waals surface area contributed by atoms with E-state index in [0.717, 1.165) is 13.0 Å². The zero-order chi connectivity index (χ0) is 11.9. The molecule has 0 radical (unpaired) electrons. The lowest BCUT2D eigenvalue weighted by molar-refractivity contribution is -0.0608. The molecule has 0 bridgehead atoms. The van der Waals surface area contributed by atoms with Crippen molar-refractivity contribution in [3.8, 4) is 0 Å². The number of hydrogen-bond donors (Lipinski definition) is 2. The summed E-state index contributed by atoms with van der Waals surface area (Å²) in [4.78, 5) is 0. The van der Waals surface area contributed by atoms with Crippen LogP contribution in [0.25, 0.3) is 0 Å². The first-order chi connectivity index (χ1) is 6.87. The Morgan fingerprint density at radius 2 is 1.93 bits per heavy atom. The van der Waals surface area contributed by atoms with Gasteiger partial charge < -0.3 is 15.2 Å². The average molecular weight is 217 g/mol. The lowest BCUT2D eigenvalue weighted by atomic mass is 10.1. The molecule has 0 spiro atoms. The molecule has 0 heterocycles. The maximum atomic E-state index is 9.94. The summed E-state index contributed by atoms with van der Waals surface area (Å²) in [7, 11) is 0. The van der Waals surface area contributed by atoms with Gasteiger partial charge in [-0.3, -0.25) is 0 Å². The molecule has 92 valence electrons. The summed E-state index contributed by atoms with van der Waals surface area (Å²) in [5, 5.41) is 13.1. The highest BCUT2D eigenvalue weighted by atomic mass is 16.5. The molecule has 0 aliphatic heterocycles. The van der Waals surface area contributed by atoms with Crippen molar-refractivity contribution in [1.82, 2.24) is 5.32 Å². The smallest absolute Gasteiger partial charge is 0.0975 e. The van der Waals surface area contributed by atoms with E-state index < -0.39 is 5.60 Å². The van der Waals surface area contributed by atoms with Crippen LogP contribution in [0.3, 0.4) is 0 Å². The van der Waals surface area contributed by atoms with Gasteiger partial charge in [0.2, 0.25) is 0 Å². The van der Waals surface area contributed by atoms with E-state index in [-0.39, 0.29) is 6.10 Å². The van der Waals surface area contributed by atoms with Crippen molar-refractivity contribution < 1.29 is 9.84 Å². The van der Waals surface area contributed by atoms with Gasteiger partial charge in [0.05, 0.1) is 18.3 Å². The first kappa shape index (κ1) is 14.9. The number of hydrogen-bond acceptors (Lipinski definition) is 3. The Hall–Kier alpha value is -0.120. The van der Waals surface area contributed by atoms with Crippen LogP contribution in [0.2, 0.25) is 0 Å². The van der Waals surface area contributed by atoms with Crippen LogP contribution in [0.15, 0.2) is 0 Å². The second-order valence-corrected chi connectivity index (χ2v) is 5.03. The number of likely N-dealkylation sites (N-methyl/N-ethyl adjacent to an activating group) is 1. The number of nitrogens with one attached hydrogen (secondary N) is 1. The van der Waals surface area contributed by atoms with Crippen LogP contribution < -0.4 is 5.32 Å². The fourth-order valence-electron chi connectivity index (χ4n) is 1.50. The monoisotopic (exact) mass is 217 g/mol. The number of aliphatic hydroxyl groups is 1. The van der Waals surface area contributed by atoms with Crippen LogP contribution in [0.1, 0.15) is 41.0 Å². The first-order valence-corrected chi connectivity index (χ1v) is 5.92. The van der Waals surface area contributed by atoms with E-state index in [1.807, 2.05) is 6.92 Å². The van der Waals surface area contributed by atoms with Crippen molar-refractivity contribution in [3.63, 3.8) is 0 Å². The summed E-state index contributed by atoms with van der Waals surface area (Å²) in [5.41, 5.74) is -0.763. The van der Waals surface area contributed by atoms with E-state index in [4.69, 9.17) is 4.74 Å². The Morgan fingerprint density at radius 1 is 1.33 bits per heavy atom. The Kier molecular flexibility index (Phi) is 7.14. The molecule has 0 aromatic rings. The van der Waals surface area contributed by atoms with E-state index in [2.05, 4.69) is 26.1 Å². The van der Waals surface area contributed by atoms with E-state index in [1.165, 1.54) is 0 Å². The Balaban J connectivity index is 3.71. The SMILES string of the molecule is CCNCC(C)(O)COC(C)CC(C)C. The van der Waals surface area contributed by atoms with E-state index in [0.29, 0.717) is 19.1 Å². The van der Waals surface area contributed by atoms with Gasteiger partial charge in [0, 0.05) is 6.54 Å². The van der Waals surface area contributed by atoms with Gasteiger partial charge in [0.15, 0.2) is 0 Å². The molecule has 2 atom stereocenters. The zero-order valence-corrected chi connectivity index (χ0v) is 10.8. The maximum Gasteiger partial charge on any atom is 0.0975 e. The van der Waals surface area contributed by atoms with Crippen LogP contribution >= 0.6 is 0 Å². The molecule has 2 N–H and O–H groups in total. The summed E-state index contributed by atoms with van der Waals surface area (Å²) in [5.74, 6) is 0.638. The van der Waals surface area contributed by atoms with Crippen LogP contribution in [0.5, 0.6) is 0 Å². The van der Waals surface area contributed by atoms with Crippen molar-refractivity contribution in [2.45, 2.75) is 52.7 Å². The molecular formula is C12H27NO2. The minimum atomic E-state index is -0.763. The van der Waals surface area contributed by atoms with E-state index in [1.54, 1.807) is 6.92 Å². The Labute approximate surface area is 94.2 Å². The third kappa shape index (κ3) is 8.85. The number of rotatable bonds is 8. The summed E-state index contributed by atoms with van der Waals surface area (Å²) >= 11 is 0. The summed E-state index contributed by atoms with van der Waals surface area (Å²) < 4.78 is 5.62. The molecule has 0 aromatic heterocycles. The topological polar surface area (TPSA) is 41.5 Å². The van der Waals surface area contributed by atoms with Crippen LogP contribution in [0.4, 0.5) is 0 Å². The van der Waals surface area contributed by atoms with E-state index in [9.17, 15) is 5.11 Å². The highest BCUT2D eigenvalue weighted by Crippen LogP contribution is 2.10. The molecule has 3 heteroatoms. The summed E-state index contributed by atoms with van der Waals surface area (Å²) in [6.45, 7) is 12.1. The largest absolute Gasteiger partial charge is 0.386 e. The predicted molar refractivity (Wildman–Crippen MR) is 64.0 cm³/mol. The van der Waals surface area contributed by atoms with Crippen molar-refractivity contribution >= 4 is 0 Å². The molecule has 0 aliphatic carbocycles. The maximum absolute atomic E-state index is 9.94. The lowest BCUT2D eigenvalue weighted by Gasteiger charge is -2.26. The van der Waals surface area contributed by atoms with E-state index >= 15 is 0 Å². The van der Waals surface area contributed by atoms with Crippen molar-refractivity contribution in [3.05, 3.63) is 0 Å². The van der Waals surface area contributed by atoms with Gasteiger partial charge in [-0.25, -0.2) is 0 Å². The molecule has 15 heavy (non-hydrogen) atoms. The molecule has 0 rings (SSSR count).